The van der Waals surface area contributed by atoms with E-state index >= 15 is 0 Å². The number of nitrogens with one attached hydrogen (secondary N) is 1. The second-order valence-electron chi connectivity index (χ2n) is 5.51. The minimum Gasteiger partial charge on any atom is -1.00 e. The molecule has 3 rings (SSSR count). The van der Waals surface area contributed by atoms with E-state index in [9.17, 15) is 0 Å². The highest BCUT2D eigenvalue weighted by molar-refractivity contribution is 5.71. The first-order chi connectivity index (χ1) is 10.4. The summed E-state index contributed by atoms with van der Waals surface area (Å²) in [7, 11) is 0. The molecule has 124 valence electrons. The topological polar surface area (TPSA) is 33.4 Å². The fraction of sp³-hybridized carbons (Fsp3) is 0.278. The van der Waals surface area contributed by atoms with Gasteiger partial charge in [-0.25, -0.2) is 0 Å². The predicted molar refractivity (Wildman–Crippen MR) is 86.5 cm³/mol. The summed E-state index contributed by atoms with van der Waals surface area (Å²) in [5.74, 6) is 0. The maximum Gasteiger partial charge on any atom is 0.194 e. The summed E-state index contributed by atoms with van der Waals surface area (Å²) < 4.78 is 0. The Morgan fingerprint density at radius 3 is 2.43 bits per heavy atom. The van der Waals surface area contributed by atoms with Crippen LogP contribution in [0.3, 0.4) is 0 Å². The van der Waals surface area contributed by atoms with E-state index < -0.39 is 0 Å². The van der Waals surface area contributed by atoms with Crippen molar-refractivity contribution in [2.75, 3.05) is 19.6 Å². The van der Waals surface area contributed by atoms with Crippen LogP contribution < -0.4 is 35.0 Å². The van der Waals surface area contributed by atoms with Crippen LogP contribution in [0.15, 0.2) is 59.6 Å². The minimum absolute atomic E-state index is 0. The molecule has 0 saturated heterocycles. The molecule has 0 bridgehead atoms. The van der Waals surface area contributed by atoms with Gasteiger partial charge in [0.2, 0.25) is 0 Å². The molecular formula is C18H23Cl2N3. The molecule has 0 aliphatic carbocycles. The van der Waals surface area contributed by atoms with Gasteiger partial charge in [0.25, 0.3) is 0 Å². The van der Waals surface area contributed by atoms with Crippen molar-refractivity contribution < 1.29 is 35.0 Å². The maximum atomic E-state index is 4.46. The lowest BCUT2D eigenvalue weighted by molar-refractivity contribution is -0.728. The molecule has 0 radical (unpaired) electrons. The van der Waals surface area contributed by atoms with Gasteiger partial charge in [-0.2, -0.15) is 4.99 Å². The molecule has 0 amide bonds. The highest BCUT2D eigenvalue weighted by Crippen LogP contribution is 2.22. The molecule has 3 nitrogen and oxygen atoms in total. The monoisotopic (exact) mass is 351 g/mol. The molecule has 1 aliphatic rings. The lowest BCUT2D eigenvalue weighted by Crippen LogP contribution is -3.05. The van der Waals surface area contributed by atoms with Crippen molar-refractivity contribution in [3.63, 3.8) is 0 Å². The number of quaternary nitrogens is 2. The molecule has 1 unspecified atom stereocenters. The Kier molecular flexibility index (Phi) is 8.89. The molecule has 1 atom stereocenters. The molecular weight excluding hydrogens is 329 g/mol. The molecule has 0 fully saturated rings. The van der Waals surface area contributed by atoms with E-state index in [0.717, 1.165) is 18.7 Å². The molecule has 2 aromatic carbocycles. The van der Waals surface area contributed by atoms with Crippen LogP contribution in [-0.2, 0) is 6.42 Å². The fourth-order valence-corrected chi connectivity index (χ4v) is 2.77. The Labute approximate surface area is 150 Å². The van der Waals surface area contributed by atoms with Crippen LogP contribution in [0.1, 0.15) is 12.0 Å². The minimum atomic E-state index is 0. The number of aliphatic imine (C=N–C) groups is 1. The van der Waals surface area contributed by atoms with Crippen molar-refractivity contribution in [2.24, 2.45) is 4.99 Å². The summed E-state index contributed by atoms with van der Waals surface area (Å²) in [5.41, 5.74) is 3.88. The third-order valence-electron chi connectivity index (χ3n) is 3.94. The molecule has 0 aromatic heterocycles. The Hall–Kier alpha value is -1.39. The van der Waals surface area contributed by atoms with E-state index in [4.69, 9.17) is 0 Å². The van der Waals surface area contributed by atoms with E-state index in [2.05, 4.69) is 64.9 Å². The van der Waals surface area contributed by atoms with Crippen LogP contribution >= 0.6 is 0 Å². The van der Waals surface area contributed by atoms with Crippen molar-refractivity contribution in [2.45, 2.75) is 12.8 Å². The van der Waals surface area contributed by atoms with Gasteiger partial charge in [0.05, 0.1) is 19.6 Å². The third kappa shape index (κ3) is 5.63. The Morgan fingerprint density at radius 2 is 1.61 bits per heavy atom. The highest BCUT2D eigenvalue weighted by Gasteiger charge is 2.19. The number of halogens is 2. The first-order valence-corrected chi connectivity index (χ1v) is 7.78. The Balaban J connectivity index is 0.00000132. The highest BCUT2D eigenvalue weighted by atomic mass is 35.5. The summed E-state index contributed by atoms with van der Waals surface area (Å²) >= 11 is 0. The molecule has 1 aliphatic heterocycles. The number of nitrogens with two attached hydrogens (primary N) is 1. The maximum absolute atomic E-state index is 4.46. The van der Waals surface area contributed by atoms with Crippen LogP contribution in [0, 0.1) is 0 Å². The zero-order valence-corrected chi connectivity index (χ0v) is 14.6. The molecule has 23 heavy (non-hydrogen) atoms. The summed E-state index contributed by atoms with van der Waals surface area (Å²) in [6.07, 6.45) is 4.40. The number of hydrogen-bond acceptors (Lipinski definition) is 1. The third-order valence-corrected chi connectivity index (χ3v) is 3.94. The standard InChI is InChI=1S/C18H21N3.2ClH/c1-2-7-16(8-3-1)11-13-19-12-6-14-21-15-20-17-9-4-5-10-18(17)21;;/h1-5,7-10,15,19H,6,11-14H2;2*1H. The average Bonchev–Trinajstić information content (AvgIpc) is 2.95. The van der Waals surface area contributed by atoms with Gasteiger partial charge in [-0.3, -0.25) is 4.90 Å². The molecule has 0 saturated carbocycles. The molecule has 1 heterocycles. The van der Waals surface area contributed by atoms with E-state index in [1.54, 1.807) is 0 Å². The van der Waals surface area contributed by atoms with E-state index in [-0.39, 0.29) is 24.8 Å². The van der Waals surface area contributed by atoms with Gasteiger partial charge in [-0.15, -0.1) is 0 Å². The Morgan fingerprint density at radius 1 is 0.870 bits per heavy atom. The first kappa shape index (κ1) is 19.7. The summed E-state index contributed by atoms with van der Waals surface area (Å²) in [5, 5.41) is 2.42. The van der Waals surface area contributed by atoms with Crippen LogP contribution in [-0.4, -0.2) is 26.0 Å². The SMILES string of the molecule is C1=Nc2ccccc2[NH+]1CCC[NH2+]CCc1ccccc1.[Cl-].[Cl-]. The smallest absolute Gasteiger partial charge is 0.194 e. The number of nitrogens with zero attached hydrogens (tertiary/aromatic N) is 1. The van der Waals surface area contributed by atoms with Crippen molar-refractivity contribution in [1.29, 1.82) is 0 Å². The summed E-state index contributed by atoms with van der Waals surface area (Å²) in [4.78, 5) is 5.85. The van der Waals surface area contributed by atoms with Gasteiger partial charge in [0.1, 0.15) is 5.69 Å². The van der Waals surface area contributed by atoms with Gasteiger partial charge in [0, 0.05) is 18.9 Å². The van der Waals surface area contributed by atoms with Crippen LogP contribution in [0.5, 0.6) is 0 Å². The number of rotatable bonds is 7. The zero-order chi connectivity index (χ0) is 14.3. The number of hydrogen-bond donors (Lipinski definition) is 2. The van der Waals surface area contributed by atoms with Crippen LogP contribution in [0.25, 0.3) is 0 Å². The van der Waals surface area contributed by atoms with Crippen molar-refractivity contribution >= 4 is 17.7 Å². The normalized spacial score (nSPS) is 14.7. The lowest BCUT2D eigenvalue weighted by atomic mass is 10.1. The van der Waals surface area contributed by atoms with Crippen molar-refractivity contribution in [3.05, 3.63) is 60.2 Å². The Bertz CT molecular complexity index is 602. The molecule has 5 heteroatoms. The van der Waals surface area contributed by atoms with Gasteiger partial charge in [0.15, 0.2) is 12.0 Å². The average molecular weight is 352 g/mol. The second-order valence-corrected chi connectivity index (χ2v) is 5.51. The summed E-state index contributed by atoms with van der Waals surface area (Å²) in [6, 6.07) is 19.1. The summed E-state index contributed by atoms with van der Waals surface area (Å²) in [6.45, 7) is 3.48. The molecule has 3 N–H and O–H groups in total. The van der Waals surface area contributed by atoms with Crippen LogP contribution in [0.2, 0.25) is 0 Å². The lowest BCUT2D eigenvalue weighted by Gasteiger charge is -2.09. The predicted octanol–water partition coefficient (Wildman–Crippen LogP) is -4.92. The number of benzene rings is 2. The van der Waals surface area contributed by atoms with E-state index in [0.29, 0.717) is 0 Å². The van der Waals surface area contributed by atoms with Gasteiger partial charge < -0.3 is 30.1 Å². The molecule has 2 aromatic rings. The van der Waals surface area contributed by atoms with E-state index in [1.807, 2.05) is 6.34 Å². The van der Waals surface area contributed by atoms with Gasteiger partial charge in [-0.05, 0) is 11.6 Å². The zero-order valence-electron chi connectivity index (χ0n) is 13.1. The van der Waals surface area contributed by atoms with Crippen molar-refractivity contribution in [3.8, 4) is 0 Å². The first-order valence-electron chi connectivity index (χ1n) is 7.78. The van der Waals surface area contributed by atoms with Crippen molar-refractivity contribution in [1.82, 2.24) is 0 Å². The molecule has 0 spiro atoms. The van der Waals surface area contributed by atoms with Gasteiger partial charge in [-0.1, -0.05) is 42.5 Å². The fourth-order valence-electron chi connectivity index (χ4n) is 2.77. The second kappa shape index (κ2) is 10.4. The number of fused-ring (bicyclic) bond motifs is 1. The van der Waals surface area contributed by atoms with Gasteiger partial charge >= 0.3 is 0 Å². The largest absolute Gasteiger partial charge is 1.00 e. The van der Waals surface area contributed by atoms with E-state index in [1.165, 1.54) is 35.7 Å². The van der Waals surface area contributed by atoms with Crippen LogP contribution in [0.4, 0.5) is 11.4 Å². The quantitative estimate of drug-likeness (QED) is 0.469. The number of para-hydroxylation sites is 2.